The third-order valence-electron chi connectivity index (χ3n) is 5.38. The molecule has 0 heterocycles. The molecule has 2 aromatic carbocycles. The summed E-state index contributed by atoms with van der Waals surface area (Å²) in [5, 5.41) is 3.67. The smallest absolute Gasteiger partial charge is 0.242 e. The average Bonchev–Trinajstić information content (AvgIpc) is 2.74. The molecule has 0 saturated heterocycles. The summed E-state index contributed by atoms with van der Waals surface area (Å²) in [4.78, 5) is 27.9. The quantitative estimate of drug-likeness (QED) is 0.493. The van der Waals surface area contributed by atoms with Crippen LogP contribution >= 0.6 is 11.6 Å². The van der Waals surface area contributed by atoms with Crippen molar-refractivity contribution in [1.29, 1.82) is 0 Å². The second-order valence-corrected chi connectivity index (χ2v) is 8.02. The van der Waals surface area contributed by atoms with Crippen LogP contribution in [0.2, 0.25) is 5.02 Å². The lowest BCUT2D eigenvalue weighted by Crippen LogP contribution is -2.49. The van der Waals surface area contributed by atoms with E-state index in [1.54, 1.807) is 4.90 Å². The van der Waals surface area contributed by atoms with Crippen molar-refractivity contribution in [3.8, 4) is 0 Å². The van der Waals surface area contributed by atoms with Crippen LogP contribution in [0.3, 0.4) is 0 Å². The average molecular weight is 429 g/mol. The molecule has 0 bridgehead atoms. The number of carbonyl (C=O) groups is 2. The summed E-state index contributed by atoms with van der Waals surface area (Å²) in [6.07, 6.45) is 3.38. The van der Waals surface area contributed by atoms with Gasteiger partial charge in [-0.3, -0.25) is 9.59 Å². The molecule has 0 aliphatic heterocycles. The monoisotopic (exact) mass is 428 g/mol. The molecule has 1 unspecified atom stereocenters. The van der Waals surface area contributed by atoms with Gasteiger partial charge in [-0.2, -0.15) is 0 Å². The summed E-state index contributed by atoms with van der Waals surface area (Å²) < 4.78 is 0. The maximum Gasteiger partial charge on any atom is 0.242 e. The molecule has 0 radical (unpaired) electrons. The van der Waals surface area contributed by atoms with Crippen LogP contribution in [0.1, 0.15) is 56.2 Å². The van der Waals surface area contributed by atoms with E-state index in [0.717, 1.165) is 29.5 Å². The highest BCUT2D eigenvalue weighted by atomic mass is 35.5. The first kappa shape index (κ1) is 23.9. The van der Waals surface area contributed by atoms with Crippen LogP contribution in [0.5, 0.6) is 0 Å². The van der Waals surface area contributed by atoms with E-state index in [-0.39, 0.29) is 11.8 Å². The van der Waals surface area contributed by atoms with E-state index in [2.05, 4.69) is 12.2 Å². The fraction of sp³-hybridized carbons (Fsp3) is 0.440. The van der Waals surface area contributed by atoms with E-state index in [0.29, 0.717) is 37.4 Å². The lowest BCUT2D eigenvalue weighted by Gasteiger charge is -2.31. The lowest BCUT2D eigenvalue weighted by atomic mass is 10.0. The lowest BCUT2D eigenvalue weighted by molar-refractivity contribution is -0.141. The molecule has 0 spiro atoms. The minimum absolute atomic E-state index is 0.0318. The van der Waals surface area contributed by atoms with Crippen molar-refractivity contribution in [3.63, 3.8) is 0 Å². The molecule has 1 N–H and O–H groups in total. The zero-order valence-corrected chi connectivity index (χ0v) is 19.0. The van der Waals surface area contributed by atoms with Gasteiger partial charge in [0, 0.05) is 24.5 Å². The van der Waals surface area contributed by atoms with E-state index >= 15 is 0 Å². The first-order valence-electron chi connectivity index (χ1n) is 10.8. The highest BCUT2D eigenvalue weighted by Crippen LogP contribution is 2.20. The van der Waals surface area contributed by atoms with Crippen LogP contribution in [0.25, 0.3) is 0 Å². The topological polar surface area (TPSA) is 49.4 Å². The van der Waals surface area contributed by atoms with Gasteiger partial charge < -0.3 is 10.2 Å². The molecule has 0 fully saturated rings. The number of benzene rings is 2. The van der Waals surface area contributed by atoms with Gasteiger partial charge in [-0.1, -0.05) is 74.3 Å². The predicted molar refractivity (Wildman–Crippen MR) is 123 cm³/mol. The standard InChI is InChI=1S/C25H33ClN2O2/c1-4-6-17-27-25(30)23(5-2)28(18-21-13-8-7-11-19(21)3)24(29)16-15-20-12-9-10-14-22(20)26/h7-14,23H,4-6,15-18H2,1-3H3,(H,27,30). The minimum atomic E-state index is -0.486. The molecule has 2 aromatic rings. The normalized spacial score (nSPS) is 11.7. The fourth-order valence-corrected chi connectivity index (χ4v) is 3.71. The van der Waals surface area contributed by atoms with E-state index in [4.69, 9.17) is 11.6 Å². The van der Waals surface area contributed by atoms with Crippen molar-refractivity contribution in [3.05, 3.63) is 70.2 Å². The fourth-order valence-electron chi connectivity index (χ4n) is 3.48. The molecule has 0 aliphatic rings. The largest absolute Gasteiger partial charge is 0.354 e. The van der Waals surface area contributed by atoms with Gasteiger partial charge in [0.2, 0.25) is 11.8 Å². The molecule has 30 heavy (non-hydrogen) atoms. The number of aryl methyl sites for hydroxylation is 2. The Hall–Kier alpha value is -2.33. The predicted octanol–water partition coefficient (Wildman–Crippen LogP) is 5.30. The summed E-state index contributed by atoms with van der Waals surface area (Å²) in [7, 11) is 0. The maximum absolute atomic E-state index is 13.3. The van der Waals surface area contributed by atoms with Crippen LogP contribution in [0, 0.1) is 6.92 Å². The van der Waals surface area contributed by atoms with Crippen molar-refractivity contribution < 1.29 is 9.59 Å². The van der Waals surface area contributed by atoms with Gasteiger partial charge in [0.05, 0.1) is 0 Å². The van der Waals surface area contributed by atoms with Crippen molar-refractivity contribution in [2.45, 2.75) is 65.5 Å². The number of hydrogen-bond acceptors (Lipinski definition) is 2. The highest BCUT2D eigenvalue weighted by molar-refractivity contribution is 6.31. The van der Waals surface area contributed by atoms with E-state index in [1.807, 2.05) is 62.4 Å². The number of amides is 2. The van der Waals surface area contributed by atoms with Crippen LogP contribution in [-0.2, 0) is 22.6 Å². The van der Waals surface area contributed by atoms with Gasteiger partial charge in [0.1, 0.15) is 6.04 Å². The number of nitrogens with zero attached hydrogens (tertiary/aromatic N) is 1. The zero-order valence-electron chi connectivity index (χ0n) is 18.3. The molecular formula is C25H33ClN2O2. The van der Waals surface area contributed by atoms with E-state index in [9.17, 15) is 9.59 Å². The van der Waals surface area contributed by atoms with Gasteiger partial charge in [-0.15, -0.1) is 0 Å². The number of halogens is 1. The first-order chi connectivity index (χ1) is 14.5. The number of rotatable bonds is 11. The Bertz CT molecular complexity index is 837. The summed E-state index contributed by atoms with van der Waals surface area (Å²) in [5.74, 6) is -0.110. The van der Waals surface area contributed by atoms with Crippen LogP contribution in [-0.4, -0.2) is 29.3 Å². The van der Waals surface area contributed by atoms with E-state index in [1.165, 1.54) is 0 Å². The molecule has 4 nitrogen and oxygen atoms in total. The molecule has 0 saturated carbocycles. The highest BCUT2D eigenvalue weighted by Gasteiger charge is 2.28. The molecule has 0 aliphatic carbocycles. The molecule has 2 rings (SSSR count). The molecule has 1 atom stereocenters. The molecule has 0 aromatic heterocycles. The summed E-state index contributed by atoms with van der Waals surface area (Å²) in [6.45, 7) is 7.14. The van der Waals surface area contributed by atoms with Crippen LogP contribution in [0.4, 0.5) is 0 Å². The van der Waals surface area contributed by atoms with E-state index < -0.39 is 6.04 Å². The van der Waals surface area contributed by atoms with Gasteiger partial charge in [-0.05, 0) is 48.9 Å². The third-order valence-corrected chi connectivity index (χ3v) is 5.75. The van der Waals surface area contributed by atoms with Gasteiger partial charge >= 0.3 is 0 Å². The number of nitrogens with one attached hydrogen (secondary N) is 1. The van der Waals surface area contributed by atoms with Gasteiger partial charge in [-0.25, -0.2) is 0 Å². The van der Waals surface area contributed by atoms with Gasteiger partial charge in [0.25, 0.3) is 0 Å². The van der Waals surface area contributed by atoms with Gasteiger partial charge in [0.15, 0.2) is 0 Å². The third kappa shape index (κ3) is 6.88. The number of unbranched alkanes of at least 4 members (excludes halogenated alkanes) is 1. The molecular weight excluding hydrogens is 396 g/mol. The minimum Gasteiger partial charge on any atom is -0.354 e. The van der Waals surface area contributed by atoms with Crippen LogP contribution in [0.15, 0.2) is 48.5 Å². The molecule has 162 valence electrons. The Balaban J connectivity index is 2.20. The Morgan fingerprint density at radius 2 is 1.70 bits per heavy atom. The van der Waals surface area contributed by atoms with Crippen LogP contribution < -0.4 is 5.32 Å². The Labute approximate surface area is 185 Å². The van der Waals surface area contributed by atoms with Crippen molar-refractivity contribution in [2.75, 3.05) is 6.54 Å². The number of hydrogen-bond donors (Lipinski definition) is 1. The summed E-state index contributed by atoms with van der Waals surface area (Å²) >= 11 is 6.26. The number of carbonyl (C=O) groups excluding carboxylic acids is 2. The SMILES string of the molecule is CCCCNC(=O)C(CC)N(Cc1ccccc1C)C(=O)CCc1ccccc1Cl. The van der Waals surface area contributed by atoms with Crippen molar-refractivity contribution in [2.24, 2.45) is 0 Å². The zero-order chi connectivity index (χ0) is 21.9. The first-order valence-corrected chi connectivity index (χ1v) is 11.2. The summed E-state index contributed by atoms with van der Waals surface area (Å²) in [6, 6.07) is 15.1. The molecule has 2 amide bonds. The second kappa shape index (κ2) is 12.4. The Kier molecular flexibility index (Phi) is 9.88. The second-order valence-electron chi connectivity index (χ2n) is 7.61. The van der Waals surface area contributed by atoms with Crippen molar-refractivity contribution in [1.82, 2.24) is 10.2 Å². The van der Waals surface area contributed by atoms with Crippen molar-refractivity contribution >= 4 is 23.4 Å². The summed E-state index contributed by atoms with van der Waals surface area (Å²) in [5.41, 5.74) is 3.12. The Morgan fingerprint density at radius 1 is 1.03 bits per heavy atom. The Morgan fingerprint density at radius 3 is 2.33 bits per heavy atom. The maximum atomic E-state index is 13.3. The molecule has 5 heteroatoms.